The second kappa shape index (κ2) is 6.69. The smallest absolute Gasteiger partial charge is 0.308 e. The Morgan fingerprint density at radius 3 is 2.18 bits per heavy atom. The lowest BCUT2D eigenvalue weighted by Gasteiger charge is -2.09. The lowest BCUT2D eigenvalue weighted by molar-refractivity contribution is -0.0328. The van der Waals surface area contributed by atoms with Crippen LogP contribution in [0, 0.1) is 5.82 Å². The van der Waals surface area contributed by atoms with Gasteiger partial charge in [0.1, 0.15) is 5.82 Å². The van der Waals surface area contributed by atoms with Crippen molar-refractivity contribution in [3.63, 3.8) is 0 Å². The van der Waals surface area contributed by atoms with Crippen molar-refractivity contribution >= 4 is 29.2 Å². The van der Waals surface area contributed by atoms with Crippen molar-refractivity contribution in [1.29, 1.82) is 0 Å². The van der Waals surface area contributed by atoms with Gasteiger partial charge in [0.2, 0.25) is 0 Å². The minimum Gasteiger partial charge on any atom is -0.308 e. The number of urea groups is 1. The van der Waals surface area contributed by atoms with Crippen LogP contribution < -0.4 is 10.6 Å². The first-order valence-corrected chi connectivity index (χ1v) is 6.83. The summed E-state index contributed by atoms with van der Waals surface area (Å²) in [5, 5.41) is 4.85. The number of carbonyl (C=O) groups is 1. The number of nitrogens with one attached hydrogen (secondary N) is 2. The normalized spacial score (nSPS) is 11.1. The van der Waals surface area contributed by atoms with Gasteiger partial charge in [0.25, 0.3) is 0 Å². The van der Waals surface area contributed by atoms with Crippen LogP contribution in [0.25, 0.3) is 0 Å². The van der Waals surface area contributed by atoms with Gasteiger partial charge in [0.05, 0.1) is 0 Å². The Morgan fingerprint density at radius 1 is 0.955 bits per heavy atom. The maximum Gasteiger partial charge on any atom is 0.446 e. The first kappa shape index (κ1) is 16.2. The van der Waals surface area contributed by atoms with Crippen molar-refractivity contribution in [2.24, 2.45) is 0 Å². The maximum absolute atomic E-state index is 13.0. The number of carbonyl (C=O) groups excluding carboxylic acids is 1. The number of amides is 2. The fourth-order valence-electron chi connectivity index (χ4n) is 1.60. The van der Waals surface area contributed by atoms with Crippen LogP contribution in [0.2, 0.25) is 0 Å². The van der Waals surface area contributed by atoms with Crippen LogP contribution in [0.3, 0.4) is 0 Å². The zero-order valence-electron chi connectivity index (χ0n) is 10.9. The third kappa shape index (κ3) is 5.28. The van der Waals surface area contributed by atoms with E-state index in [0.717, 1.165) is 6.07 Å². The number of rotatable bonds is 3. The number of hydrogen-bond acceptors (Lipinski definition) is 2. The van der Waals surface area contributed by atoms with Crippen LogP contribution in [-0.4, -0.2) is 11.5 Å². The molecule has 3 nitrogen and oxygen atoms in total. The molecule has 0 bridgehead atoms. The fraction of sp³-hybridized carbons (Fsp3) is 0.0714. The van der Waals surface area contributed by atoms with Gasteiger partial charge >= 0.3 is 11.5 Å². The summed E-state index contributed by atoms with van der Waals surface area (Å²) >= 11 is -0.237. The van der Waals surface area contributed by atoms with Crippen molar-refractivity contribution < 1.29 is 22.4 Å². The van der Waals surface area contributed by atoms with Gasteiger partial charge in [-0.1, -0.05) is 6.07 Å². The highest BCUT2D eigenvalue weighted by atomic mass is 32.2. The maximum atomic E-state index is 13.0. The lowest BCUT2D eigenvalue weighted by Crippen LogP contribution is -2.19. The van der Waals surface area contributed by atoms with Crippen LogP contribution in [0.5, 0.6) is 0 Å². The molecular weight excluding hydrogens is 320 g/mol. The lowest BCUT2D eigenvalue weighted by atomic mass is 10.3. The number of halogens is 4. The second-order valence-electron chi connectivity index (χ2n) is 4.16. The topological polar surface area (TPSA) is 41.1 Å². The van der Waals surface area contributed by atoms with E-state index in [0.29, 0.717) is 5.69 Å². The van der Waals surface area contributed by atoms with Gasteiger partial charge in [-0.2, -0.15) is 13.2 Å². The van der Waals surface area contributed by atoms with Gasteiger partial charge in [-0.3, -0.25) is 0 Å². The van der Waals surface area contributed by atoms with E-state index >= 15 is 0 Å². The molecule has 0 aliphatic rings. The molecule has 0 saturated carbocycles. The van der Waals surface area contributed by atoms with E-state index in [1.54, 1.807) is 0 Å². The van der Waals surface area contributed by atoms with Gasteiger partial charge in [-0.15, -0.1) is 0 Å². The third-order valence-electron chi connectivity index (χ3n) is 2.43. The Balaban J connectivity index is 1.94. The van der Waals surface area contributed by atoms with Crippen LogP contribution in [-0.2, 0) is 0 Å². The van der Waals surface area contributed by atoms with Gasteiger partial charge in [0.15, 0.2) is 0 Å². The Hall–Kier alpha value is -2.22. The highest BCUT2D eigenvalue weighted by Crippen LogP contribution is 2.37. The van der Waals surface area contributed by atoms with Crippen LogP contribution in [0.1, 0.15) is 0 Å². The quantitative estimate of drug-likeness (QED) is 0.608. The van der Waals surface area contributed by atoms with E-state index in [1.165, 1.54) is 42.5 Å². The molecule has 0 unspecified atom stereocenters. The average molecular weight is 330 g/mol. The predicted molar refractivity (Wildman–Crippen MR) is 77.4 cm³/mol. The molecule has 22 heavy (non-hydrogen) atoms. The molecular formula is C14H10F4N2OS. The molecule has 8 heteroatoms. The molecule has 0 aliphatic heterocycles. The van der Waals surface area contributed by atoms with Crippen molar-refractivity contribution in [2.75, 3.05) is 10.6 Å². The number of thioether (sulfide) groups is 1. The van der Waals surface area contributed by atoms with Crippen molar-refractivity contribution in [1.82, 2.24) is 0 Å². The molecule has 0 aromatic heterocycles. The molecule has 0 fully saturated rings. The highest BCUT2D eigenvalue weighted by Gasteiger charge is 2.28. The first-order chi connectivity index (χ1) is 10.3. The summed E-state index contributed by atoms with van der Waals surface area (Å²) in [7, 11) is 0. The highest BCUT2D eigenvalue weighted by molar-refractivity contribution is 8.00. The third-order valence-corrected chi connectivity index (χ3v) is 3.17. The van der Waals surface area contributed by atoms with E-state index in [4.69, 9.17) is 0 Å². The number of benzene rings is 2. The molecule has 0 heterocycles. The van der Waals surface area contributed by atoms with Crippen LogP contribution >= 0.6 is 11.8 Å². The van der Waals surface area contributed by atoms with Gasteiger partial charge in [-0.05, 0) is 54.2 Å². The molecule has 2 N–H and O–H groups in total. The molecule has 0 aliphatic carbocycles. The average Bonchev–Trinajstić information content (AvgIpc) is 2.39. The summed E-state index contributed by atoms with van der Waals surface area (Å²) in [6, 6.07) is 9.88. The summed E-state index contributed by atoms with van der Waals surface area (Å²) in [6.45, 7) is 0. The largest absolute Gasteiger partial charge is 0.446 e. The van der Waals surface area contributed by atoms with E-state index in [-0.39, 0.29) is 22.3 Å². The zero-order valence-corrected chi connectivity index (χ0v) is 11.8. The van der Waals surface area contributed by atoms with E-state index in [2.05, 4.69) is 10.6 Å². The minimum absolute atomic E-state index is 0.0172. The van der Waals surface area contributed by atoms with E-state index < -0.39 is 17.4 Å². The molecule has 0 spiro atoms. The predicted octanol–water partition coefficient (Wildman–Crippen LogP) is 5.08. The summed E-state index contributed by atoms with van der Waals surface area (Å²) in [6.07, 6.45) is 0. The molecule has 2 aromatic carbocycles. The zero-order chi connectivity index (χ0) is 16.2. The van der Waals surface area contributed by atoms with Gasteiger partial charge < -0.3 is 10.6 Å². The minimum atomic E-state index is -4.36. The summed E-state index contributed by atoms with van der Waals surface area (Å²) < 4.78 is 49.5. The van der Waals surface area contributed by atoms with E-state index in [1.807, 2.05) is 0 Å². The van der Waals surface area contributed by atoms with Crippen LogP contribution in [0.15, 0.2) is 53.4 Å². The Kier molecular flexibility index (Phi) is 4.92. The monoisotopic (exact) mass is 330 g/mol. The molecule has 116 valence electrons. The standard InChI is InChI=1S/C14H10F4N2OS/c15-9-2-1-3-11(8-9)20-13(21)19-10-4-6-12(7-5-10)22-14(16,17)18/h1-8H,(H2,19,20,21). The number of hydrogen-bond donors (Lipinski definition) is 2. The van der Waals surface area contributed by atoms with Crippen molar-refractivity contribution in [2.45, 2.75) is 10.4 Å². The second-order valence-corrected chi connectivity index (χ2v) is 5.30. The number of alkyl halides is 3. The summed E-state index contributed by atoms with van der Waals surface area (Å²) in [4.78, 5) is 11.7. The Bertz CT molecular complexity index is 659. The Morgan fingerprint density at radius 2 is 1.59 bits per heavy atom. The fourth-order valence-corrected chi connectivity index (χ4v) is 2.14. The molecule has 0 radical (unpaired) electrons. The van der Waals surface area contributed by atoms with Gasteiger partial charge in [0, 0.05) is 16.3 Å². The molecule has 2 amide bonds. The van der Waals surface area contributed by atoms with Crippen molar-refractivity contribution in [3.05, 3.63) is 54.3 Å². The molecule has 2 rings (SSSR count). The van der Waals surface area contributed by atoms with E-state index in [9.17, 15) is 22.4 Å². The van der Waals surface area contributed by atoms with Crippen molar-refractivity contribution in [3.8, 4) is 0 Å². The Labute approximate surface area is 127 Å². The van der Waals surface area contributed by atoms with Crippen LogP contribution in [0.4, 0.5) is 33.7 Å². The molecule has 0 atom stereocenters. The summed E-state index contributed by atoms with van der Waals surface area (Å²) in [5.74, 6) is -0.494. The summed E-state index contributed by atoms with van der Waals surface area (Å²) in [5.41, 5.74) is -3.77. The first-order valence-electron chi connectivity index (χ1n) is 6.01. The number of anilines is 2. The molecule has 2 aromatic rings. The molecule has 0 saturated heterocycles. The van der Waals surface area contributed by atoms with Gasteiger partial charge in [-0.25, -0.2) is 9.18 Å². The SMILES string of the molecule is O=C(Nc1ccc(SC(F)(F)F)cc1)Nc1cccc(F)c1.